The van der Waals surface area contributed by atoms with Gasteiger partial charge in [-0.25, -0.2) is 14.6 Å². The Labute approximate surface area is 73.2 Å². The predicted molar refractivity (Wildman–Crippen MR) is 43.6 cm³/mol. The van der Waals surface area contributed by atoms with Crippen molar-refractivity contribution in [2.24, 2.45) is 0 Å². The largest absolute Gasteiger partial charge is 0.475 e. The summed E-state index contributed by atoms with van der Waals surface area (Å²) in [5, 5.41) is 13.1. The Kier molecular flexibility index (Phi) is 2.48. The highest BCUT2D eigenvalue weighted by atomic mass is 16.4. The molecule has 0 aromatic carbocycles. The normalized spacial score (nSPS) is 9.31. The molecular formula is C6H8N4O3. The Morgan fingerprint density at radius 2 is 2.31 bits per heavy atom. The second kappa shape index (κ2) is 3.57. The van der Waals surface area contributed by atoms with Gasteiger partial charge in [0.1, 0.15) is 5.82 Å². The summed E-state index contributed by atoms with van der Waals surface area (Å²) in [5.41, 5.74) is 0. The van der Waals surface area contributed by atoms with E-state index < -0.39 is 12.0 Å². The number of aromatic amines is 1. The summed E-state index contributed by atoms with van der Waals surface area (Å²) in [6, 6.07) is -0.444. The number of carbonyl (C=O) groups excluding carboxylic acids is 1. The third-order valence-electron chi connectivity index (χ3n) is 1.25. The SMILES string of the molecule is CNC(=O)Nc1cnc(C(=O)O)[nH]1. The Balaban J connectivity index is 2.69. The van der Waals surface area contributed by atoms with Crippen molar-refractivity contribution in [1.29, 1.82) is 0 Å². The van der Waals surface area contributed by atoms with Crippen LogP contribution in [0.25, 0.3) is 0 Å². The van der Waals surface area contributed by atoms with Crippen molar-refractivity contribution < 1.29 is 14.7 Å². The fraction of sp³-hybridized carbons (Fsp3) is 0.167. The van der Waals surface area contributed by atoms with E-state index in [4.69, 9.17) is 5.11 Å². The molecule has 0 spiro atoms. The fourth-order valence-electron chi connectivity index (χ4n) is 0.678. The molecule has 0 aliphatic carbocycles. The van der Waals surface area contributed by atoms with Gasteiger partial charge < -0.3 is 15.4 Å². The summed E-state index contributed by atoms with van der Waals surface area (Å²) >= 11 is 0. The molecule has 4 N–H and O–H groups in total. The second-order valence-electron chi connectivity index (χ2n) is 2.15. The Hall–Kier alpha value is -2.05. The molecule has 7 nitrogen and oxygen atoms in total. The van der Waals surface area contributed by atoms with Gasteiger partial charge in [-0.05, 0) is 0 Å². The molecule has 0 fully saturated rings. The van der Waals surface area contributed by atoms with Gasteiger partial charge in [-0.15, -0.1) is 0 Å². The topological polar surface area (TPSA) is 107 Å². The number of amides is 2. The van der Waals surface area contributed by atoms with E-state index in [9.17, 15) is 9.59 Å². The van der Waals surface area contributed by atoms with Crippen molar-refractivity contribution in [2.45, 2.75) is 0 Å². The highest BCUT2D eigenvalue weighted by molar-refractivity contribution is 5.89. The number of carboxylic acids is 1. The summed E-state index contributed by atoms with van der Waals surface area (Å²) in [6.07, 6.45) is 1.22. The highest BCUT2D eigenvalue weighted by Crippen LogP contribution is 2.02. The Morgan fingerprint density at radius 1 is 1.62 bits per heavy atom. The average molecular weight is 184 g/mol. The molecule has 0 unspecified atom stereocenters. The van der Waals surface area contributed by atoms with Gasteiger partial charge in [0.05, 0.1) is 6.20 Å². The van der Waals surface area contributed by atoms with Crippen molar-refractivity contribution in [2.75, 3.05) is 12.4 Å². The molecule has 70 valence electrons. The summed E-state index contributed by atoms with van der Waals surface area (Å²) in [6.45, 7) is 0. The van der Waals surface area contributed by atoms with Crippen molar-refractivity contribution in [3.8, 4) is 0 Å². The van der Waals surface area contributed by atoms with E-state index in [0.29, 0.717) is 0 Å². The van der Waals surface area contributed by atoms with Gasteiger partial charge in [-0.3, -0.25) is 5.32 Å². The first-order chi connectivity index (χ1) is 6.13. The van der Waals surface area contributed by atoms with Gasteiger partial charge in [0, 0.05) is 7.05 Å². The number of imidazole rings is 1. The van der Waals surface area contributed by atoms with E-state index in [0.717, 1.165) is 0 Å². The summed E-state index contributed by atoms with van der Waals surface area (Å²) in [4.78, 5) is 27.0. The number of hydrogen-bond donors (Lipinski definition) is 4. The standard InChI is InChI=1S/C6H8N4O3/c1-7-6(13)10-3-2-8-4(9-3)5(11)12/h2H,1H3,(H,8,9)(H,11,12)(H2,7,10,13). The summed E-state index contributed by atoms with van der Waals surface area (Å²) in [7, 11) is 1.45. The van der Waals surface area contributed by atoms with Crippen LogP contribution in [0, 0.1) is 0 Å². The Morgan fingerprint density at radius 3 is 2.77 bits per heavy atom. The second-order valence-corrected chi connectivity index (χ2v) is 2.15. The van der Waals surface area contributed by atoms with Gasteiger partial charge in [0.2, 0.25) is 5.82 Å². The lowest BCUT2D eigenvalue weighted by molar-refractivity contribution is 0.0685. The molecule has 0 aliphatic heterocycles. The van der Waals surface area contributed by atoms with Crippen LogP contribution in [0.4, 0.5) is 10.6 Å². The van der Waals surface area contributed by atoms with E-state index in [1.54, 1.807) is 0 Å². The minimum atomic E-state index is -1.18. The molecule has 0 bridgehead atoms. The number of rotatable bonds is 2. The number of carboxylic acid groups (broad SMARTS) is 1. The zero-order valence-corrected chi connectivity index (χ0v) is 6.79. The number of carbonyl (C=O) groups is 2. The van der Waals surface area contributed by atoms with E-state index in [-0.39, 0.29) is 11.6 Å². The van der Waals surface area contributed by atoms with Crippen molar-refractivity contribution in [3.05, 3.63) is 12.0 Å². The maximum absolute atomic E-state index is 10.7. The van der Waals surface area contributed by atoms with Crippen LogP contribution in [0.1, 0.15) is 10.6 Å². The maximum Gasteiger partial charge on any atom is 0.371 e. The summed E-state index contributed by atoms with van der Waals surface area (Å²) < 4.78 is 0. The predicted octanol–water partition coefficient (Wildman–Crippen LogP) is -0.141. The lowest BCUT2D eigenvalue weighted by atomic mass is 10.6. The van der Waals surface area contributed by atoms with E-state index in [1.165, 1.54) is 13.2 Å². The van der Waals surface area contributed by atoms with Gasteiger partial charge in [0.25, 0.3) is 0 Å². The molecule has 0 saturated heterocycles. The first-order valence-corrected chi connectivity index (χ1v) is 3.40. The lowest BCUT2D eigenvalue weighted by Gasteiger charge is -1.98. The Bertz CT molecular complexity index is 332. The third kappa shape index (κ3) is 2.19. The van der Waals surface area contributed by atoms with Crippen LogP contribution in [-0.2, 0) is 0 Å². The first-order valence-electron chi connectivity index (χ1n) is 3.40. The molecule has 0 aliphatic rings. The average Bonchev–Trinajstić information content (AvgIpc) is 2.52. The van der Waals surface area contributed by atoms with Gasteiger partial charge >= 0.3 is 12.0 Å². The van der Waals surface area contributed by atoms with Crippen molar-refractivity contribution in [1.82, 2.24) is 15.3 Å². The molecule has 1 aromatic heterocycles. The van der Waals surface area contributed by atoms with Crippen LogP contribution >= 0.6 is 0 Å². The van der Waals surface area contributed by atoms with Crippen molar-refractivity contribution >= 4 is 17.8 Å². The lowest BCUT2D eigenvalue weighted by Crippen LogP contribution is -2.24. The van der Waals surface area contributed by atoms with Gasteiger partial charge in [0.15, 0.2) is 0 Å². The van der Waals surface area contributed by atoms with Crippen LogP contribution in [0.15, 0.2) is 6.20 Å². The first kappa shape index (κ1) is 9.04. The van der Waals surface area contributed by atoms with Gasteiger partial charge in [-0.2, -0.15) is 0 Å². The number of hydrogen-bond acceptors (Lipinski definition) is 3. The number of aromatic nitrogens is 2. The minimum Gasteiger partial charge on any atom is -0.475 e. The highest BCUT2D eigenvalue weighted by Gasteiger charge is 2.08. The number of anilines is 1. The van der Waals surface area contributed by atoms with Crippen molar-refractivity contribution in [3.63, 3.8) is 0 Å². The number of nitrogens with zero attached hydrogens (tertiary/aromatic N) is 1. The zero-order chi connectivity index (χ0) is 9.84. The fourth-order valence-corrected chi connectivity index (χ4v) is 0.678. The molecular weight excluding hydrogens is 176 g/mol. The molecule has 0 atom stereocenters. The van der Waals surface area contributed by atoms with Gasteiger partial charge in [-0.1, -0.05) is 0 Å². The van der Waals surface area contributed by atoms with Crippen LogP contribution < -0.4 is 10.6 Å². The monoisotopic (exact) mass is 184 g/mol. The third-order valence-corrected chi connectivity index (χ3v) is 1.25. The number of urea groups is 1. The number of aromatic carboxylic acids is 1. The summed E-state index contributed by atoms with van der Waals surface area (Å²) in [5.74, 6) is -1.16. The molecule has 1 rings (SSSR count). The molecule has 0 saturated carbocycles. The van der Waals surface area contributed by atoms with E-state index in [1.807, 2.05) is 0 Å². The quantitative estimate of drug-likeness (QED) is 0.513. The minimum absolute atomic E-state index is 0.216. The van der Waals surface area contributed by atoms with Crippen LogP contribution in [0.3, 0.4) is 0 Å². The van der Waals surface area contributed by atoms with Crippen LogP contribution in [-0.4, -0.2) is 34.1 Å². The zero-order valence-electron chi connectivity index (χ0n) is 6.79. The molecule has 1 aromatic rings. The molecule has 0 radical (unpaired) electrons. The van der Waals surface area contributed by atoms with Crippen LogP contribution in [0.5, 0.6) is 0 Å². The molecule has 1 heterocycles. The number of H-pyrrole nitrogens is 1. The van der Waals surface area contributed by atoms with E-state index >= 15 is 0 Å². The van der Waals surface area contributed by atoms with E-state index in [2.05, 4.69) is 20.6 Å². The smallest absolute Gasteiger partial charge is 0.371 e. The number of nitrogens with one attached hydrogen (secondary N) is 3. The molecule has 7 heteroatoms. The van der Waals surface area contributed by atoms with Crippen LogP contribution in [0.2, 0.25) is 0 Å². The maximum atomic E-state index is 10.7. The molecule has 13 heavy (non-hydrogen) atoms. The molecule has 2 amide bonds.